The predicted molar refractivity (Wildman–Crippen MR) is 78.6 cm³/mol. The number of nitrogens with zero attached hydrogens (tertiary/aromatic N) is 1. The molecule has 3 rings (SSSR count). The Morgan fingerprint density at radius 2 is 1.95 bits per heavy atom. The molecule has 0 bridgehead atoms. The SMILES string of the molecule is Cc1ccccc1[C@@H]1C(C#N)=C(N)Oc2cc(O)ccc21. The number of allylic oxidation sites excluding steroid dienone is 1. The largest absolute Gasteiger partial charge is 0.508 e. The van der Waals surface area contributed by atoms with Crippen molar-refractivity contribution in [3.8, 4) is 17.6 Å². The summed E-state index contributed by atoms with van der Waals surface area (Å²) < 4.78 is 5.48. The van der Waals surface area contributed by atoms with Crippen LogP contribution in [-0.4, -0.2) is 5.11 Å². The lowest BCUT2D eigenvalue weighted by Gasteiger charge is -2.27. The molecule has 0 unspecified atom stereocenters. The molecule has 2 aromatic rings. The summed E-state index contributed by atoms with van der Waals surface area (Å²) in [4.78, 5) is 0. The van der Waals surface area contributed by atoms with Gasteiger partial charge in [-0.15, -0.1) is 0 Å². The first kappa shape index (κ1) is 13.1. The molecule has 21 heavy (non-hydrogen) atoms. The summed E-state index contributed by atoms with van der Waals surface area (Å²) in [5.41, 5.74) is 9.18. The highest BCUT2D eigenvalue weighted by atomic mass is 16.5. The van der Waals surface area contributed by atoms with Crippen LogP contribution in [0.4, 0.5) is 0 Å². The van der Waals surface area contributed by atoms with E-state index in [9.17, 15) is 10.4 Å². The van der Waals surface area contributed by atoms with Gasteiger partial charge in [0, 0.05) is 11.6 Å². The summed E-state index contributed by atoms with van der Waals surface area (Å²) in [6.45, 7) is 2.00. The summed E-state index contributed by atoms with van der Waals surface area (Å²) in [6.07, 6.45) is 0. The first-order valence-corrected chi connectivity index (χ1v) is 6.58. The molecule has 0 spiro atoms. The van der Waals surface area contributed by atoms with Crippen LogP contribution in [-0.2, 0) is 0 Å². The van der Waals surface area contributed by atoms with Gasteiger partial charge in [-0.3, -0.25) is 0 Å². The Balaban J connectivity index is 2.27. The minimum Gasteiger partial charge on any atom is -0.508 e. The molecule has 1 atom stereocenters. The highest BCUT2D eigenvalue weighted by Crippen LogP contribution is 2.43. The highest BCUT2D eigenvalue weighted by molar-refractivity contribution is 5.58. The Kier molecular flexibility index (Phi) is 3.03. The van der Waals surface area contributed by atoms with Crippen LogP contribution in [0, 0.1) is 18.3 Å². The van der Waals surface area contributed by atoms with Gasteiger partial charge in [-0.25, -0.2) is 0 Å². The minimum absolute atomic E-state index is 0.0869. The molecule has 4 heteroatoms. The molecule has 1 heterocycles. The zero-order valence-corrected chi connectivity index (χ0v) is 11.5. The van der Waals surface area contributed by atoms with Crippen molar-refractivity contribution in [3.05, 3.63) is 70.6 Å². The molecule has 3 N–H and O–H groups in total. The average Bonchev–Trinajstić information content (AvgIpc) is 2.46. The monoisotopic (exact) mass is 278 g/mol. The van der Waals surface area contributed by atoms with Crippen molar-refractivity contribution >= 4 is 0 Å². The minimum atomic E-state index is -0.277. The Hall–Kier alpha value is -2.93. The van der Waals surface area contributed by atoms with E-state index in [0.29, 0.717) is 11.3 Å². The van der Waals surface area contributed by atoms with Gasteiger partial charge < -0.3 is 15.6 Å². The summed E-state index contributed by atoms with van der Waals surface area (Å²) >= 11 is 0. The number of aromatic hydroxyl groups is 1. The number of aryl methyl sites for hydroxylation is 1. The van der Waals surface area contributed by atoms with E-state index < -0.39 is 0 Å². The van der Waals surface area contributed by atoms with Crippen molar-refractivity contribution in [2.24, 2.45) is 5.73 Å². The lowest BCUT2D eigenvalue weighted by molar-refractivity contribution is 0.388. The number of phenols is 1. The summed E-state index contributed by atoms with van der Waals surface area (Å²) in [5, 5.41) is 19.1. The highest BCUT2D eigenvalue weighted by Gasteiger charge is 2.31. The molecule has 0 aliphatic carbocycles. The first-order valence-electron chi connectivity index (χ1n) is 6.58. The smallest absolute Gasteiger partial charge is 0.205 e. The van der Waals surface area contributed by atoms with Gasteiger partial charge >= 0.3 is 0 Å². The maximum Gasteiger partial charge on any atom is 0.205 e. The molecule has 1 aliphatic heterocycles. The van der Waals surface area contributed by atoms with Crippen LogP contribution in [0.3, 0.4) is 0 Å². The molecule has 4 nitrogen and oxygen atoms in total. The van der Waals surface area contributed by atoms with E-state index in [2.05, 4.69) is 6.07 Å². The molecular weight excluding hydrogens is 264 g/mol. The average molecular weight is 278 g/mol. The van der Waals surface area contributed by atoms with Gasteiger partial charge in [0.1, 0.15) is 23.1 Å². The fourth-order valence-electron chi connectivity index (χ4n) is 2.67. The zero-order chi connectivity index (χ0) is 15.0. The van der Waals surface area contributed by atoms with E-state index in [1.54, 1.807) is 12.1 Å². The fourth-order valence-corrected chi connectivity index (χ4v) is 2.67. The molecule has 0 fully saturated rings. The van der Waals surface area contributed by atoms with Crippen molar-refractivity contribution in [2.45, 2.75) is 12.8 Å². The molecule has 104 valence electrons. The van der Waals surface area contributed by atoms with E-state index in [0.717, 1.165) is 16.7 Å². The summed E-state index contributed by atoms with van der Waals surface area (Å²) in [6, 6.07) is 14.9. The van der Waals surface area contributed by atoms with Crippen molar-refractivity contribution in [2.75, 3.05) is 0 Å². The lowest BCUT2D eigenvalue weighted by atomic mass is 9.82. The number of benzene rings is 2. The zero-order valence-electron chi connectivity index (χ0n) is 11.5. The van der Waals surface area contributed by atoms with Crippen LogP contribution in [0.15, 0.2) is 53.9 Å². The quantitative estimate of drug-likeness (QED) is 0.840. The maximum atomic E-state index is 9.61. The van der Waals surface area contributed by atoms with Crippen LogP contribution in [0.1, 0.15) is 22.6 Å². The van der Waals surface area contributed by atoms with Crippen LogP contribution in [0.2, 0.25) is 0 Å². The van der Waals surface area contributed by atoms with Crippen molar-refractivity contribution < 1.29 is 9.84 Å². The second-order valence-electron chi connectivity index (χ2n) is 5.00. The third-order valence-electron chi connectivity index (χ3n) is 3.70. The van der Waals surface area contributed by atoms with E-state index in [4.69, 9.17) is 10.5 Å². The molecule has 1 aliphatic rings. The molecule has 0 amide bonds. The first-order chi connectivity index (χ1) is 10.1. The second kappa shape index (κ2) is 4.88. The van der Waals surface area contributed by atoms with Crippen molar-refractivity contribution in [1.29, 1.82) is 5.26 Å². The fraction of sp³-hybridized carbons (Fsp3) is 0.118. The van der Waals surface area contributed by atoms with Crippen LogP contribution < -0.4 is 10.5 Å². The van der Waals surface area contributed by atoms with Gasteiger partial charge in [0.05, 0.1) is 5.92 Å². The van der Waals surface area contributed by atoms with Crippen molar-refractivity contribution in [1.82, 2.24) is 0 Å². The number of hydrogen-bond acceptors (Lipinski definition) is 4. The summed E-state index contributed by atoms with van der Waals surface area (Å²) in [7, 11) is 0. The topological polar surface area (TPSA) is 79.3 Å². The Morgan fingerprint density at radius 1 is 1.19 bits per heavy atom. The Labute approximate surface area is 122 Å². The van der Waals surface area contributed by atoms with E-state index >= 15 is 0 Å². The number of nitriles is 1. The number of ether oxygens (including phenoxy) is 1. The number of fused-ring (bicyclic) bond motifs is 1. The van der Waals surface area contributed by atoms with Gasteiger partial charge in [-0.05, 0) is 24.1 Å². The van der Waals surface area contributed by atoms with E-state index in [1.165, 1.54) is 6.07 Å². The third kappa shape index (κ3) is 2.09. The number of rotatable bonds is 1. The van der Waals surface area contributed by atoms with E-state index in [1.807, 2.05) is 31.2 Å². The standard InChI is InChI=1S/C17H14N2O2/c1-10-4-2-3-5-12(10)16-13-7-6-11(20)8-15(13)21-17(19)14(16)9-18/h2-8,16,20H,19H2,1H3/t16-/m0/s1. The Morgan fingerprint density at radius 3 is 2.67 bits per heavy atom. The van der Waals surface area contributed by atoms with Gasteiger partial charge in [-0.2, -0.15) is 5.26 Å². The number of hydrogen-bond donors (Lipinski definition) is 2. The lowest BCUT2D eigenvalue weighted by Crippen LogP contribution is -2.21. The van der Waals surface area contributed by atoms with E-state index in [-0.39, 0.29) is 17.6 Å². The summed E-state index contributed by atoms with van der Waals surface area (Å²) in [5.74, 6) is 0.398. The number of nitrogens with two attached hydrogens (primary N) is 1. The predicted octanol–water partition coefficient (Wildman–Crippen LogP) is 2.92. The maximum absolute atomic E-state index is 9.61. The number of phenolic OH excluding ortho intramolecular Hbond substituents is 1. The molecule has 0 saturated carbocycles. The van der Waals surface area contributed by atoms with Gasteiger partial charge in [0.15, 0.2) is 0 Å². The van der Waals surface area contributed by atoms with Crippen molar-refractivity contribution in [3.63, 3.8) is 0 Å². The van der Waals surface area contributed by atoms with Crippen LogP contribution in [0.5, 0.6) is 11.5 Å². The molecule has 0 aromatic heterocycles. The Bertz CT molecular complexity index is 788. The molecule has 0 radical (unpaired) electrons. The van der Waals surface area contributed by atoms with Crippen LogP contribution in [0.25, 0.3) is 0 Å². The third-order valence-corrected chi connectivity index (χ3v) is 3.70. The molecule has 2 aromatic carbocycles. The van der Waals surface area contributed by atoms with Gasteiger partial charge in [0.2, 0.25) is 5.88 Å². The van der Waals surface area contributed by atoms with Crippen LogP contribution >= 0.6 is 0 Å². The normalized spacial score (nSPS) is 16.9. The second-order valence-corrected chi connectivity index (χ2v) is 5.00. The van der Waals surface area contributed by atoms with Gasteiger partial charge in [0.25, 0.3) is 0 Å². The molecule has 0 saturated heterocycles. The van der Waals surface area contributed by atoms with Gasteiger partial charge in [-0.1, -0.05) is 30.3 Å². The molecular formula is C17H14N2O2.